The molecule has 1 heterocycles. The molecule has 0 bridgehead atoms. The van der Waals surface area contributed by atoms with Gasteiger partial charge >= 0.3 is 0 Å². The van der Waals surface area contributed by atoms with Crippen LogP contribution in [0.25, 0.3) is 0 Å². The van der Waals surface area contributed by atoms with Crippen molar-refractivity contribution in [2.24, 2.45) is 0 Å². The van der Waals surface area contributed by atoms with Crippen molar-refractivity contribution in [2.45, 2.75) is 39.5 Å². The van der Waals surface area contributed by atoms with Gasteiger partial charge in [0.25, 0.3) is 0 Å². The molecule has 0 saturated heterocycles. The van der Waals surface area contributed by atoms with Crippen molar-refractivity contribution in [2.75, 3.05) is 6.79 Å². The normalized spacial score (nSPS) is 11.9. The van der Waals surface area contributed by atoms with Crippen LogP contribution in [0.5, 0.6) is 11.5 Å². The Bertz CT molecular complexity index is 532. The highest BCUT2D eigenvalue weighted by Crippen LogP contribution is 2.35. The Morgan fingerprint density at radius 1 is 1.32 bits per heavy atom. The number of hydrogen-bond acceptors (Lipinski definition) is 2. The minimum absolute atomic E-state index is 0.300. The number of allylic oxidation sites excluding steroid dienone is 1. The molecule has 0 aromatic heterocycles. The lowest BCUT2D eigenvalue weighted by Crippen LogP contribution is -1.93. The smallest absolute Gasteiger partial charge is 0.231 e. The van der Waals surface area contributed by atoms with E-state index < -0.39 is 0 Å². The lowest BCUT2D eigenvalue weighted by Gasteiger charge is -2.06. The minimum Gasteiger partial charge on any atom is -0.454 e. The molecule has 100 valence electrons. The Balaban J connectivity index is 2.27. The van der Waals surface area contributed by atoms with Crippen LogP contribution in [0.2, 0.25) is 0 Å². The molecule has 0 amide bonds. The van der Waals surface area contributed by atoms with E-state index in [1.54, 1.807) is 0 Å². The second-order valence-electron chi connectivity index (χ2n) is 4.90. The van der Waals surface area contributed by atoms with Crippen LogP contribution in [-0.4, -0.2) is 6.79 Å². The molecule has 19 heavy (non-hydrogen) atoms. The first kappa shape index (κ1) is 13.5. The number of ether oxygens (including phenoxy) is 2. The monoisotopic (exact) mass is 256 g/mol. The van der Waals surface area contributed by atoms with Gasteiger partial charge in [0.2, 0.25) is 6.79 Å². The summed E-state index contributed by atoms with van der Waals surface area (Å²) in [5.74, 6) is 8.10. The predicted molar refractivity (Wildman–Crippen MR) is 77.5 cm³/mol. The van der Waals surface area contributed by atoms with Gasteiger partial charge in [-0.05, 0) is 31.4 Å². The Kier molecular flexibility index (Phi) is 4.52. The Morgan fingerprint density at radius 3 is 2.74 bits per heavy atom. The number of unbranched alkanes of at least 4 members (excludes halogenated alkanes) is 2. The zero-order valence-corrected chi connectivity index (χ0v) is 11.7. The summed E-state index contributed by atoms with van der Waals surface area (Å²) in [6, 6.07) is 4.01. The van der Waals surface area contributed by atoms with Crippen LogP contribution in [0.1, 0.15) is 44.2 Å². The maximum absolute atomic E-state index is 5.42. The number of hydrogen-bond donors (Lipinski definition) is 0. The van der Waals surface area contributed by atoms with Crippen LogP contribution >= 0.6 is 0 Å². The topological polar surface area (TPSA) is 18.5 Å². The first-order chi connectivity index (χ1) is 9.20. The maximum Gasteiger partial charge on any atom is 0.231 e. The molecule has 0 radical (unpaired) electrons. The van der Waals surface area contributed by atoms with Crippen LogP contribution in [-0.2, 0) is 6.42 Å². The summed E-state index contributed by atoms with van der Waals surface area (Å²) in [6.45, 7) is 8.48. The van der Waals surface area contributed by atoms with Gasteiger partial charge in [-0.1, -0.05) is 37.3 Å². The number of fused-ring (bicyclic) bond motifs is 1. The highest BCUT2D eigenvalue weighted by molar-refractivity contribution is 5.55. The zero-order chi connectivity index (χ0) is 13.7. The van der Waals surface area contributed by atoms with Gasteiger partial charge in [-0.2, -0.15) is 0 Å². The SMILES string of the molecule is C=C(C)Cc1cc2c(cc1C#CCCCC)OCO2. The second-order valence-corrected chi connectivity index (χ2v) is 4.90. The molecule has 0 atom stereocenters. The highest BCUT2D eigenvalue weighted by Gasteiger charge is 2.16. The van der Waals surface area contributed by atoms with Crippen LogP contribution in [0.4, 0.5) is 0 Å². The molecule has 0 saturated carbocycles. The summed E-state index contributed by atoms with van der Waals surface area (Å²) < 4.78 is 10.8. The summed E-state index contributed by atoms with van der Waals surface area (Å²) in [4.78, 5) is 0. The Hall–Kier alpha value is -1.88. The summed E-state index contributed by atoms with van der Waals surface area (Å²) in [5, 5.41) is 0. The first-order valence-corrected chi connectivity index (χ1v) is 6.76. The van der Waals surface area contributed by atoms with Crippen molar-refractivity contribution in [3.8, 4) is 23.3 Å². The molecule has 2 heteroatoms. The maximum atomic E-state index is 5.42. The standard InChI is InChI=1S/C17H20O2/c1-4-5-6-7-8-14-10-16-17(19-12-18-16)11-15(14)9-13(2)3/h10-11H,2,4-6,9,12H2,1,3H3. The van der Waals surface area contributed by atoms with Crippen molar-refractivity contribution in [3.05, 3.63) is 35.4 Å². The second kappa shape index (κ2) is 6.33. The van der Waals surface area contributed by atoms with Crippen LogP contribution < -0.4 is 9.47 Å². The summed E-state index contributed by atoms with van der Waals surface area (Å²) in [5.41, 5.74) is 3.32. The molecule has 1 aromatic carbocycles. The number of benzene rings is 1. The quantitative estimate of drug-likeness (QED) is 0.459. The van der Waals surface area contributed by atoms with E-state index >= 15 is 0 Å². The molecule has 0 spiro atoms. The molecule has 0 N–H and O–H groups in total. The van der Waals surface area contributed by atoms with Gasteiger partial charge < -0.3 is 9.47 Å². The van der Waals surface area contributed by atoms with E-state index in [0.29, 0.717) is 6.79 Å². The van der Waals surface area contributed by atoms with Crippen molar-refractivity contribution in [1.82, 2.24) is 0 Å². The average molecular weight is 256 g/mol. The van der Waals surface area contributed by atoms with Gasteiger partial charge in [0.15, 0.2) is 11.5 Å². The molecule has 1 aliphatic heterocycles. The molecule has 0 fully saturated rings. The van der Waals surface area contributed by atoms with E-state index in [9.17, 15) is 0 Å². The van der Waals surface area contributed by atoms with Gasteiger partial charge in [-0.3, -0.25) is 0 Å². The van der Waals surface area contributed by atoms with Crippen LogP contribution in [0, 0.1) is 11.8 Å². The molecular weight excluding hydrogens is 236 g/mol. The van der Waals surface area contributed by atoms with Crippen LogP contribution in [0.3, 0.4) is 0 Å². The molecule has 1 aliphatic rings. The van der Waals surface area contributed by atoms with Gasteiger partial charge in [0, 0.05) is 18.1 Å². The lowest BCUT2D eigenvalue weighted by molar-refractivity contribution is 0.174. The van der Waals surface area contributed by atoms with Gasteiger partial charge in [0.05, 0.1) is 0 Å². The Labute approximate surface area is 115 Å². The third kappa shape index (κ3) is 3.54. The largest absolute Gasteiger partial charge is 0.454 e. The fraction of sp³-hybridized carbons (Fsp3) is 0.412. The van der Waals surface area contributed by atoms with Crippen molar-refractivity contribution >= 4 is 0 Å². The van der Waals surface area contributed by atoms with E-state index in [4.69, 9.17) is 9.47 Å². The summed E-state index contributed by atoms with van der Waals surface area (Å²) >= 11 is 0. The minimum atomic E-state index is 0.300. The molecule has 1 aromatic rings. The summed E-state index contributed by atoms with van der Waals surface area (Å²) in [7, 11) is 0. The third-order valence-corrected chi connectivity index (χ3v) is 2.97. The number of rotatable bonds is 4. The van der Waals surface area contributed by atoms with Crippen molar-refractivity contribution in [3.63, 3.8) is 0 Å². The van der Waals surface area contributed by atoms with E-state index in [-0.39, 0.29) is 0 Å². The van der Waals surface area contributed by atoms with E-state index in [1.807, 2.05) is 19.1 Å². The molecule has 0 aliphatic carbocycles. The van der Waals surface area contributed by atoms with Gasteiger partial charge in [-0.15, -0.1) is 0 Å². The molecule has 2 nitrogen and oxygen atoms in total. The average Bonchev–Trinajstić information content (AvgIpc) is 2.81. The zero-order valence-electron chi connectivity index (χ0n) is 11.7. The molecular formula is C17H20O2. The van der Waals surface area contributed by atoms with Crippen LogP contribution in [0.15, 0.2) is 24.3 Å². The van der Waals surface area contributed by atoms with E-state index in [0.717, 1.165) is 41.9 Å². The van der Waals surface area contributed by atoms with Gasteiger partial charge in [0.1, 0.15) is 0 Å². The lowest BCUT2D eigenvalue weighted by atomic mass is 10.0. The highest BCUT2D eigenvalue weighted by atomic mass is 16.7. The molecule has 2 rings (SSSR count). The molecule has 0 unspecified atom stereocenters. The van der Waals surface area contributed by atoms with E-state index in [1.165, 1.54) is 12.0 Å². The van der Waals surface area contributed by atoms with Gasteiger partial charge in [-0.25, -0.2) is 0 Å². The summed E-state index contributed by atoms with van der Waals surface area (Å²) in [6.07, 6.45) is 4.09. The fourth-order valence-electron chi connectivity index (χ4n) is 1.99. The predicted octanol–water partition coefficient (Wildman–Crippen LogP) is 4.08. The van der Waals surface area contributed by atoms with E-state index in [2.05, 4.69) is 25.3 Å². The fourth-order valence-corrected chi connectivity index (χ4v) is 1.99. The van der Waals surface area contributed by atoms with Crippen molar-refractivity contribution < 1.29 is 9.47 Å². The first-order valence-electron chi connectivity index (χ1n) is 6.76. The Morgan fingerprint density at radius 2 is 2.05 bits per heavy atom. The third-order valence-electron chi connectivity index (χ3n) is 2.97. The van der Waals surface area contributed by atoms with Crippen molar-refractivity contribution in [1.29, 1.82) is 0 Å².